The summed E-state index contributed by atoms with van der Waals surface area (Å²) in [5.74, 6) is -0.281. The molecule has 2 aromatic heterocycles. The molecule has 0 aromatic carbocycles. The van der Waals surface area contributed by atoms with Crippen molar-refractivity contribution in [2.24, 2.45) is 0 Å². The monoisotopic (exact) mass is 325 g/mol. The number of ether oxygens (including phenoxy) is 1. The first-order valence-corrected chi connectivity index (χ1v) is 6.79. The topological polar surface area (TPSA) is 163 Å². The maximum atomic E-state index is 12.2. The first kappa shape index (κ1) is 15.6. The van der Waals surface area contributed by atoms with Gasteiger partial charge >= 0.3 is 5.69 Å². The van der Waals surface area contributed by atoms with Crippen LogP contribution < -0.4 is 11.0 Å². The van der Waals surface area contributed by atoms with E-state index in [1.807, 2.05) is 0 Å². The van der Waals surface area contributed by atoms with Gasteiger partial charge in [0.2, 0.25) is 5.91 Å². The van der Waals surface area contributed by atoms with E-state index in [1.165, 1.54) is 6.92 Å². The first-order valence-electron chi connectivity index (χ1n) is 6.79. The first-order chi connectivity index (χ1) is 10.9. The van der Waals surface area contributed by atoms with Gasteiger partial charge in [0.15, 0.2) is 17.7 Å². The number of H-pyrrole nitrogens is 1. The predicted octanol–water partition coefficient (Wildman–Crippen LogP) is -2.31. The molecule has 0 bridgehead atoms. The second kappa shape index (κ2) is 5.70. The molecular weight excluding hydrogens is 310 g/mol. The third-order valence-corrected chi connectivity index (χ3v) is 3.57. The van der Waals surface area contributed by atoms with Crippen molar-refractivity contribution in [2.45, 2.75) is 31.5 Å². The highest BCUT2D eigenvalue weighted by atomic mass is 16.6. The van der Waals surface area contributed by atoms with Gasteiger partial charge in [-0.15, -0.1) is 0 Å². The van der Waals surface area contributed by atoms with Crippen LogP contribution in [-0.4, -0.2) is 65.7 Å². The normalized spacial score (nSPS) is 27.5. The van der Waals surface area contributed by atoms with Gasteiger partial charge in [-0.2, -0.15) is 0 Å². The highest BCUT2D eigenvalue weighted by Crippen LogP contribution is 2.30. The van der Waals surface area contributed by atoms with Crippen LogP contribution in [0.5, 0.6) is 0 Å². The number of aliphatic hydroxyl groups excluding tert-OH is 3. The fourth-order valence-electron chi connectivity index (χ4n) is 2.53. The molecule has 1 saturated heterocycles. The molecule has 0 radical (unpaired) electrons. The molecule has 23 heavy (non-hydrogen) atoms. The van der Waals surface area contributed by atoms with E-state index in [4.69, 9.17) is 9.84 Å². The Kier molecular flexibility index (Phi) is 3.85. The SMILES string of the molecule is CC(=O)Nc1ncnc2c1[nH]c(=O)n2[C@@H]1O[C@H](CO)[C@@H](O)[C@H]1O. The number of carbonyl (C=O) groups excluding carboxylic acids is 1. The Morgan fingerprint density at radius 2 is 2.17 bits per heavy atom. The lowest BCUT2D eigenvalue weighted by atomic mass is 10.1. The van der Waals surface area contributed by atoms with Crippen LogP contribution in [0.1, 0.15) is 13.2 Å². The van der Waals surface area contributed by atoms with Gasteiger partial charge in [0.05, 0.1) is 6.61 Å². The Hall–Kier alpha value is -2.34. The summed E-state index contributed by atoms with van der Waals surface area (Å²) in [6, 6.07) is 0. The summed E-state index contributed by atoms with van der Waals surface area (Å²) in [6.07, 6.45) is -3.90. The van der Waals surface area contributed by atoms with E-state index in [2.05, 4.69) is 20.3 Å². The van der Waals surface area contributed by atoms with E-state index in [-0.39, 0.29) is 22.9 Å². The number of aliphatic hydroxyl groups is 3. The lowest BCUT2D eigenvalue weighted by Crippen LogP contribution is -2.34. The van der Waals surface area contributed by atoms with Gasteiger partial charge in [0, 0.05) is 6.92 Å². The highest BCUT2D eigenvalue weighted by Gasteiger charge is 2.44. The molecule has 0 spiro atoms. The minimum absolute atomic E-state index is 0.0867. The molecule has 1 amide bonds. The van der Waals surface area contributed by atoms with Gasteiger partial charge in [-0.25, -0.2) is 19.3 Å². The second-order valence-electron chi connectivity index (χ2n) is 5.13. The number of aromatic nitrogens is 4. The smallest absolute Gasteiger partial charge is 0.330 e. The molecule has 0 saturated carbocycles. The van der Waals surface area contributed by atoms with Gasteiger partial charge in [0.1, 0.15) is 30.2 Å². The van der Waals surface area contributed by atoms with Crippen molar-refractivity contribution in [3.8, 4) is 0 Å². The maximum absolute atomic E-state index is 12.2. The molecule has 11 heteroatoms. The van der Waals surface area contributed by atoms with Crippen molar-refractivity contribution in [3.05, 3.63) is 16.8 Å². The number of hydrogen-bond acceptors (Lipinski definition) is 8. The average Bonchev–Trinajstić information content (AvgIpc) is 2.97. The summed E-state index contributed by atoms with van der Waals surface area (Å²) in [5.41, 5.74) is -0.420. The Morgan fingerprint density at radius 3 is 2.78 bits per heavy atom. The summed E-state index contributed by atoms with van der Waals surface area (Å²) < 4.78 is 6.34. The number of hydrogen-bond donors (Lipinski definition) is 5. The van der Waals surface area contributed by atoms with Crippen molar-refractivity contribution < 1.29 is 24.9 Å². The molecule has 1 aliphatic heterocycles. The van der Waals surface area contributed by atoms with Gasteiger partial charge in [-0.05, 0) is 0 Å². The zero-order valence-electron chi connectivity index (χ0n) is 12.0. The fourth-order valence-corrected chi connectivity index (χ4v) is 2.53. The molecular formula is C12H15N5O6. The number of nitrogens with zero attached hydrogens (tertiary/aromatic N) is 3. The summed E-state index contributed by atoms with van der Waals surface area (Å²) >= 11 is 0. The Morgan fingerprint density at radius 1 is 1.43 bits per heavy atom. The van der Waals surface area contributed by atoms with Crippen LogP contribution in [0.25, 0.3) is 11.2 Å². The standard InChI is InChI=1S/C12H15N5O6/c1-4(19)15-9-6-10(14-3-13-9)17(12(22)16-6)11-8(21)7(20)5(2-18)23-11/h3,5,7-8,11,18,20-21H,2H2,1H3,(H,16,22)(H,13,14,15,19)/t5-,7-,8-,11-/m1/s1. The molecule has 0 unspecified atom stereocenters. The fraction of sp³-hybridized carbons (Fsp3) is 0.500. The summed E-state index contributed by atoms with van der Waals surface area (Å²) in [6.45, 7) is 0.771. The molecule has 124 valence electrons. The minimum atomic E-state index is -1.43. The van der Waals surface area contributed by atoms with Crippen molar-refractivity contribution in [2.75, 3.05) is 11.9 Å². The summed E-state index contributed by atoms with van der Waals surface area (Å²) in [4.78, 5) is 33.7. The molecule has 3 rings (SSSR count). The van der Waals surface area contributed by atoms with Gasteiger partial charge in [0.25, 0.3) is 0 Å². The number of aromatic amines is 1. The largest absolute Gasteiger partial charge is 0.394 e. The lowest BCUT2D eigenvalue weighted by molar-refractivity contribution is -0.114. The summed E-state index contributed by atoms with van der Waals surface area (Å²) in [5, 5.41) is 31.5. The molecule has 0 aliphatic carbocycles. The number of anilines is 1. The van der Waals surface area contributed by atoms with E-state index in [9.17, 15) is 19.8 Å². The second-order valence-corrected chi connectivity index (χ2v) is 5.13. The lowest BCUT2D eigenvalue weighted by Gasteiger charge is -2.15. The van der Waals surface area contributed by atoms with Crippen molar-refractivity contribution >= 4 is 22.9 Å². The molecule has 1 fully saturated rings. The minimum Gasteiger partial charge on any atom is -0.394 e. The zero-order valence-corrected chi connectivity index (χ0v) is 12.0. The van der Waals surface area contributed by atoms with Gasteiger partial charge in [-0.1, -0.05) is 0 Å². The quantitative estimate of drug-likeness (QED) is 0.420. The van der Waals surface area contributed by atoms with Crippen LogP contribution in [-0.2, 0) is 9.53 Å². The van der Waals surface area contributed by atoms with Crippen molar-refractivity contribution in [3.63, 3.8) is 0 Å². The van der Waals surface area contributed by atoms with Gasteiger partial charge in [-0.3, -0.25) is 4.79 Å². The van der Waals surface area contributed by atoms with E-state index < -0.39 is 36.8 Å². The molecule has 5 N–H and O–H groups in total. The van der Waals surface area contributed by atoms with E-state index in [0.717, 1.165) is 10.9 Å². The van der Waals surface area contributed by atoms with E-state index >= 15 is 0 Å². The van der Waals surface area contributed by atoms with Crippen LogP contribution in [0, 0.1) is 0 Å². The number of amides is 1. The van der Waals surface area contributed by atoms with Crippen molar-refractivity contribution in [1.82, 2.24) is 19.5 Å². The number of rotatable bonds is 3. The van der Waals surface area contributed by atoms with Crippen LogP contribution in [0.2, 0.25) is 0 Å². The van der Waals surface area contributed by atoms with Crippen LogP contribution in [0.3, 0.4) is 0 Å². The maximum Gasteiger partial charge on any atom is 0.330 e. The molecule has 2 aromatic rings. The Labute approximate surface area is 128 Å². The van der Waals surface area contributed by atoms with Crippen LogP contribution in [0.4, 0.5) is 5.82 Å². The van der Waals surface area contributed by atoms with Gasteiger partial charge < -0.3 is 30.4 Å². The van der Waals surface area contributed by atoms with E-state index in [1.54, 1.807) is 0 Å². The van der Waals surface area contributed by atoms with Crippen LogP contribution >= 0.6 is 0 Å². The molecule has 1 aliphatic rings. The highest BCUT2D eigenvalue weighted by molar-refractivity contribution is 5.95. The van der Waals surface area contributed by atoms with E-state index in [0.29, 0.717) is 0 Å². The molecule has 3 heterocycles. The molecule has 4 atom stereocenters. The van der Waals surface area contributed by atoms with Crippen LogP contribution in [0.15, 0.2) is 11.1 Å². The zero-order chi connectivity index (χ0) is 16.7. The Bertz CT molecular complexity index is 801. The predicted molar refractivity (Wildman–Crippen MR) is 75.5 cm³/mol. The molecule has 11 nitrogen and oxygen atoms in total. The number of imidazole rings is 1. The Balaban J connectivity index is 2.10. The third-order valence-electron chi connectivity index (χ3n) is 3.57. The average molecular weight is 325 g/mol. The number of fused-ring (bicyclic) bond motifs is 1. The number of nitrogens with one attached hydrogen (secondary N) is 2. The number of carbonyl (C=O) groups is 1. The van der Waals surface area contributed by atoms with Crippen molar-refractivity contribution in [1.29, 1.82) is 0 Å². The third kappa shape index (κ3) is 2.49. The summed E-state index contributed by atoms with van der Waals surface area (Å²) in [7, 11) is 0.